The number of nitrogens with zero attached hydrogens (tertiary/aromatic N) is 2. The van der Waals surface area contributed by atoms with Crippen LogP contribution in [0.5, 0.6) is 0 Å². The Labute approximate surface area is 141 Å². The number of piperidine rings is 1. The average Bonchev–Trinajstić information content (AvgIpc) is 2.98. The van der Waals surface area contributed by atoms with Crippen LogP contribution in [0.15, 0.2) is 29.2 Å². The van der Waals surface area contributed by atoms with Gasteiger partial charge < -0.3 is 10.6 Å². The third-order valence-corrected chi connectivity index (χ3v) is 6.54. The Morgan fingerprint density at radius 2 is 1.71 bits per heavy atom. The van der Waals surface area contributed by atoms with E-state index < -0.39 is 21.8 Å². The highest BCUT2D eigenvalue weighted by Gasteiger charge is 2.34. The van der Waals surface area contributed by atoms with E-state index in [1.807, 2.05) is 0 Å². The van der Waals surface area contributed by atoms with Crippen molar-refractivity contribution in [3.8, 4) is 0 Å². The Kier molecular flexibility index (Phi) is 4.60. The molecule has 8 heteroatoms. The highest BCUT2D eigenvalue weighted by molar-refractivity contribution is 7.89. The lowest BCUT2D eigenvalue weighted by atomic mass is 10.1. The SMILES string of the molecule is NC(=O)C1CC(=O)N(c2ccc(S(=O)(=O)N3CCCCC3)cc2)C1. The second-order valence-corrected chi connectivity index (χ2v) is 8.20. The van der Waals surface area contributed by atoms with Gasteiger partial charge in [-0.05, 0) is 37.1 Å². The molecule has 7 nitrogen and oxygen atoms in total. The number of carbonyl (C=O) groups excluding carboxylic acids is 2. The molecule has 24 heavy (non-hydrogen) atoms. The summed E-state index contributed by atoms with van der Waals surface area (Å²) in [6.45, 7) is 1.34. The predicted molar refractivity (Wildman–Crippen MR) is 88.7 cm³/mol. The van der Waals surface area contributed by atoms with E-state index in [1.54, 1.807) is 12.1 Å². The van der Waals surface area contributed by atoms with E-state index in [1.165, 1.54) is 21.3 Å². The Hall–Kier alpha value is -1.93. The van der Waals surface area contributed by atoms with Gasteiger partial charge in [-0.1, -0.05) is 6.42 Å². The summed E-state index contributed by atoms with van der Waals surface area (Å²) >= 11 is 0. The van der Waals surface area contributed by atoms with Crippen LogP contribution < -0.4 is 10.6 Å². The molecule has 2 heterocycles. The standard InChI is InChI=1S/C16H21N3O4S/c17-16(21)12-10-15(20)19(11-12)13-4-6-14(7-5-13)24(22,23)18-8-2-1-3-9-18/h4-7,12H,1-3,8-11H2,(H2,17,21). The Bertz CT molecular complexity index is 739. The first-order valence-corrected chi connectivity index (χ1v) is 9.53. The third kappa shape index (κ3) is 3.16. The van der Waals surface area contributed by atoms with E-state index in [2.05, 4.69) is 0 Å². The van der Waals surface area contributed by atoms with E-state index in [9.17, 15) is 18.0 Å². The molecule has 1 aromatic rings. The normalized spacial score (nSPS) is 22.8. The molecule has 2 fully saturated rings. The summed E-state index contributed by atoms with van der Waals surface area (Å²) in [7, 11) is -3.48. The van der Waals surface area contributed by atoms with Crippen LogP contribution in [0.3, 0.4) is 0 Å². The van der Waals surface area contributed by atoms with Crippen molar-refractivity contribution < 1.29 is 18.0 Å². The van der Waals surface area contributed by atoms with Crippen molar-refractivity contribution in [3.05, 3.63) is 24.3 Å². The van der Waals surface area contributed by atoms with Crippen molar-refractivity contribution in [2.24, 2.45) is 11.7 Å². The minimum Gasteiger partial charge on any atom is -0.369 e. The molecule has 0 spiro atoms. The Morgan fingerprint density at radius 3 is 2.25 bits per heavy atom. The highest BCUT2D eigenvalue weighted by atomic mass is 32.2. The van der Waals surface area contributed by atoms with Gasteiger partial charge in [0.25, 0.3) is 0 Å². The summed E-state index contributed by atoms with van der Waals surface area (Å²) in [4.78, 5) is 25.0. The molecule has 0 bridgehead atoms. The van der Waals surface area contributed by atoms with Crippen molar-refractivity contribution in [1.82, 2.24) is 4.31 Å². The van der Waals surface area contributed by atoms with Crippen molar-refractivity contribution >= 4 is 27.5 Å². The lowest BCUT2D eigenvalue weighted by molar-refractivity contribution is -0.123. The minimum absolute atomic E-state index is 0.100. The third-order valence-electron chi connectivity index (χ3n) is 4.63. The number of rotatable bonds is 4. The molecule has 2 aliphatic rings. The Morgan fingerprint density at radius 1 is 1.08 bits per heavy atom. The van der Waals surface area contributed by atoms with Gasteiger partial charge in [-0.3, -0.25) is 9.59 Å². The molecule has 0 aliphatic carbocycles. The molecule has 1 unspecified atom stereocenters. The van der Waals surface area contributed by atoms with E-state index in [0.717, 1.165) is 19.3 Å². The highest BCUT2D eigenvalue weighted by Crippen LogP contribution is 2.27. The van der Waals surface area contributed by atoms with Gasteiger partial charge in [-0.2, -0.15) is 4.31 Å². The molecule has 3 rings (SSSR count). The summed E-state index contributed by atoms with van der Waals surface area (Å²) in [5.41, 5.74) is 5.85. The maximum absolute atomic E-state index is 12.6. The zero-order valence-electron chi connectivity index (χ0n) is 13.3. The summed E-state index contributed by atoms with van der Waals surface area (Å²) in [5, 5.41) is 0. The fraction of sp³-hybridized carbons (Fsp3) is 0.500. The lowest BCUT2D eigenvalue weighted by Crippen LogP contribution is -2.35. The van der Waals surface area contributed by atoms with Gasteiger partial charge in [-0.15, -0.1) is 0 Å². The molecule has 2 amide bonds. The molecule has 0 saturated carbocycles. The summed E-state index contributed by atoms with van der Waals surface area (Å²) in [6, 6.07) is 6.25. The van der Waals surface area contributed by atoms with Gasteiger partial charge in [0, 0.05) is 31.7 Å². The van der Waals surface area contributed by atoms with Crippen molar-refractivity contribution in [1.29, 1.82) is 0 Å². The number of sulfonamides is 1. The smallest absolute Gasteiger partial charge is 0.243 e. The lowest BCUT2D eigenvalue weighted by Gasteiger charge is -2.26. The van der Waals surface area contributed by atoms with E-state index in [0.29, 0.717) is 18.8 Å². The molecule has 1 aromatic carbocycles. The number of nitrogens with two attached hydrogens (primary N) is 1. The first-order chi connectivity index (χ1) is 11.4. The summed E-state index contributed by atoms with van der Waals surface area (Å²) in [5.74, 6) is -1.16. The van der Waals surface area contributed by atoms with Crippen LogP contribution in [-0.4, -0.2) is 44.2 Å². The molecular weight excluding hydrogens is 330 g/mol. The van der Waals surface area contributed by atoms with Crippen LogP contribution in [0, 0.1) is 5.92 Å². The summed E-state index contributed by atoms with van der Waals surface area (Å²) < 4.78 is 26.7. The minimum atomic E-state index is -3.48. The maximum Gasteiger partial charge on any atom is 0.243 e. The average molecular weight is 351 g/mol. The predicted octanol–water partition coefficient (Wildman–Crippen LogP) is 0.699. The number of benzene rings is 1. The zero-order valence-corrected chi connectivity index (χ0v) is 14.2. The number of hydrogen-bond donors (Lipinski definition) is 1. The molecule has 0 radical (unpaired) electrons. The second kappa shape index (κ2) is 6.52. The number of primary amides is 1. The van der Waals surface area contributed by atoms with Crippen LogP contribution in [0.1, 0.15) is 25.7 Å². The number of amides is 2. The van der Waals surface area contributed by atoms with Crippen LogP contribution in [-0.2, 0) is 19.6 Å². The monoisotopic (exact) mass is 351 g/mol. The van der Waals surface area contributed by atoms with Crippen molar-refractivity contribution in [2.45, 2.75) is 30.6 Å². The van der Waals surface area contributed by atoms with Crippen molar-refractivity contribution in [3.63, 3.8) is 0 Å². The molecule has 2 saturated heterocycles. The fourth-order valence-corrected chi connectivity index (χ4v) is 4.72. The zero-order chi connectivity index (χ0) is 17.3. The maximum atomic E-state index is 12.6. The van der Waals surface area contributed by atoms with Gasteiger partial charge in [0.05, 0.1) is 10.8 Å². The van der Waals surface area contributed by atoms with Crippen LogP contribution in [0.4, 0.5) is 5.69 Å². The Balaban J connectivity index is 1.78. The largest absolute Gasteiger partial charge is 0.369 e. The molecule has 0 aromatic heterocycles. The van der Waals surface area contributed by atoms with Gasteiger partial charge in [-0.25, -0.2) is 8.42 Å². The first kappa shape index (κ1) is 16.9. The van der Waals surface area contributed by atoms with Gasteiger partial charge >= 0.3 is 0 Å². The number of anilines is 1. The molecule has 2 aliphatic heterocycles. The molecule has 2 N–H and O–H groups in total. The number of hydrogen-bond acceptors (Lipinski definition) is 4. The van der Waals surface area contributed by atoms with Gasteiger partial charge in [0.1, 0.15) is 0 Å². The number of carbonyl (C=O) groups is 2. The van der Waals surface area contributed by atoms with Gasteiger partial charge in [0.2, 0.25) is 21.8 Å². The molecule has 1 atom stereocenters. The van der Waals surface area contributed by atoms with Crippen LogP contribution >= 0.6 is 0 Å². The molecule has 130 valence electrons. The fourth-order valence-electron chi connectivity index (χ4n) is 3.20. The summed E-state index contributed by atoms with van der Waals surface area (Å²) in [6.07, 6.45) is 2.93. The van der Waals surface area contributed by atoms with E-state index >= 15 is 0 Å². The van der Waals surface area contributed by atoms with Crippen LogP contribution in [0.2, 0.25) is 0 Å². The van der Waals surface area contributed by atoms with Gasteiger partial charge in [0.15, 0.2) is 0 Å². The van der Waals surface area contributed by atoms with Crippen LogP contribution in [0.25, 0.3) is 0 Å². The van der Waals surface area contributed by atoms with E-state index in [-0.39, 0.29) is 23.8 Å². The molecular formula is C16H21N3O4S. The topological polar surface area (TPSA) is 101 Å². The second-order valence-electron chi connectivity index (χ2n) is 6.27. The van der Waals surface area contributed by atoms with Crippen molar-refractivity contribution in [2.75, 3.05) is 24.5 Å². The van der Waals surface area contributed by atoms with E-state index in [4.69, 9.17) is 5.73 Å². The quantitative estimate of drug-likeness (QED) is 0.863. The first-order valence-electron chi connectivity index (χ1n) is 8.09.